The molecule has 0 aliphatic carbocycles. The van der Waals surface area contributed by atoms with E-state index in [1.165, 1.54) is 7.11 Å². The van der Waals surface area contributed by atoms with Crippen molar-refractivity contribution in [2.75, 3.05) is 7.11 Å². The van der Waals surface area contributed by atoms with Crippen LogP contribution in [0.4, 0.5) is 0 Å². The van der Waals surface area contributed by atoms with Crippen molar-refractivity contribution in [3.63, 3.8) is 0 Å². The van der Waals surface area contributed by atoms with Gasteiger partial charge >= 0.3 is 5.97 Å². The van der Waals surface area contributed by atoms with Gasteiger partial charge in [-0.05, 0) is 23.6 Å². The predicted octanol–water partition coefficient (Wildman–Crippen LogP) is 2.24. The number of hydrogen-bond donors (Lipinski definition) is 1. The summed E-state index contributed by atoms with van der Waals surface area (Å²) in [6.07, 6.45) is 0.894. The normalized spacial score (nSPS) is 13.4. The first kappa shape index (κ1) is 15.2. The molecule has 1 aromatic carbocycles. The van der Waals surface area contributed by atoms with E-state index in [1.54, 1.807) is 6.07 Å². The van der Waals surface area contributed by atoms with Crippen LogP contribution in [0.15, 0.2) is 24.3 Å². The number of esters is 1. The van der Waals surface area contributed by atoms with Crippen molar-refractivity contribution in [1.29, 1.82) is 5.26 Å². The van der Waals surface area contributed by atoms with Crippen LogP contribution in [0.3, 0.4) is 0 Å². The number of ether oxygens (including phenoxy) is 1. The fourth-order valence-electron chi connectivity index (χ4n) is 1.86. The van der Waals surface area contributed by atoms with Crippen LogP contribution in [0.2, 0.25) is 0 Å². The third-order valence-corrected chi connectivity index (χ3v) is 3.25. The fraction of sp³-hybridized carbons (Fsp3) is 0.467. The number of carbonyl (C=O) groups excluding carboxylic acids is 1. The first-order valence-electron chi connectivity index (χ1n) is 6.42. The van der Waals surface area contributed by atoms with Crippen LogP contribution in [-0.4, -0.2) is 19.1 Å². The summed E-state index contributed by atoms with van der Waals surface area (Å²) in [5.41, 5.74) is 1.61. The van der Waals surface area contributed by atoms with E-state index in [0.717, 1.165) is 12.0 Å². The van der Waals surface area contributed by atoms with Crippen LogP contribution in [-0.2, 0) is 16.1 Å². The first-order valence-corrected chi connectivity index (χ1v) is 6.42. The maximum Gasteiger partial charge on any atom is 0.323 e. The van der Waals surface area contributed by atoms with Gasteiger partial charge in [0.25, 0.3) is 0 Å². The third-order valence-electron chi connectivity index (χ3n) is 3.25. The van der Waals surface area contributed by atoms with Gasteiger partial charge in [0.05, 0.1) is 18.7 Å². The lowest BCUT2D eigenvalue weighted by Gasteiger charge is -2.22. The molecule has 0 amide bonds. The van der Waals surface area contributed by atoms with Crippen molar-refractivity contribution in [3.05, 3.63) is 35.4 Å². The lowest BCUT2D eigenvalue weighted by molar-refractivity contribution is -0.144. The van der Waals surface area contributed by atoms with E-state index >= 15 is 0 Å². The molecule has 0 radical (unpaired) electrons. The number of benzene rings is 1. The highest BCUT2D eigenvalue weighted by Crippen LogP contribution is 2.11. The Hall–Kier alpha value is -1.86. The second-order valence-electron chi connectivity index (χ2n) is 4.58. The zero-order valence-corrected chi connectivity index (χ0v) is 11.6. The number of methoxy groups -OCH3 is 1. The van der Waals surface area contributed by atoms with Crippen molar-refractivity contribution in [3.8, 4) is 6.07 Å². The third kappa shape index (κ3) is 4.38. The Kier molecular flexibility index (Phi) is 6.04. The van der Waals surface area contributed by atoms with E-state index < -0.39 is 0 Å². The summed E-state index contributed by atoms with van der Waals surface area (Å²) < 4.78 is 4.81. The zero-order chi connectivity index (χ0) is 14.3. The molecule has 0 spiro atoms. The second-order valence-corrected chi connectivity index (χ2v) is 4.58. The Labute approximate surface area is 114 Å². The van der Waals surface area contributed by atoms with Gasteiger partial charge in [-0.2, -0.15) is 5.26 Å². The Morgan fingerprint density at radius 3 is 2.84 bits per heavy atom. The van der Waals surface area contributed by atoms with Crippen molar-refractivity contribution in [2.45, 2.75) is 32.9 Å². The number of nitrogens with one attached hydrogen (secondary N) is 1. The van der Waals surface area contributed by atoms with E-state index in [1.807, 2.05) is 32.0 Å². The molecule has 0 heterocycles. The average molecular weight is 260 g/mol. The molecule has 0 saturated heterocycles. The monoisotopic (exact) mass is 260 g/mol. The van der Waals surface area contributed by atoms with Crippen molar-refractivity contribution in [1.82, 2.24) is 5.32 Å². The Morgan fingerprint density at radius 1 is 1.53 bits per heavy atom. The van der Waals surface area contributed by atoms with E-state index in [4.69, 9.17) is 10.00 Å². The minimum Gasteiger partial charge on any atom is -0.468 e. The summed E-state index contributed by atoms with van der Waals surface area (Å²) in [6, 6.07) is 9.13. The Bertz CT molecular complexity index is 465. The molecular weight excluding hydrogens is 240 g/mol. The van der Waals surface area contributed by atoms with Gasteiger partial charge in [0.2, 0.25) is 0 Å². The standard InChI is InChI=1S/C15H20N2O2/c1-4-11(2)14(15(18)19-3)17-10-13-7-5-6-12(8-13)9-16/h5-8,11,14,17H,4,10H2,1-3H3. The van der Waals surface area contributed by atoms with Crippen molar-refractivity contribution < 1.29 is 9.53 Å². The minimum atomic E-state index is -0.319. The summed E-state index contributed by atoms with van der Waals surface area (Å²) in [7, 11) is 1.40. The van der Waals surface area contributed by atoms with E-state index in [0.29, 0.717) is 12.1 Å². The van der Waals surface area contributed by atoms with Gasteiger partial charge in [-0.1, -0.05) is 32.4 Å². The highest BCUT2D eigenvalue weighted by Gasteiger charge is 2.23. The first-order chi connectivity index (χ1) is 9.12. The molecule has 0 saturated carbocycles. The fourth-order valence-corrected chi connectivity index (χ4v) is 1.86. The molecule has 2 atom stereocenters. The van der Waals surface area contributed by atoms with Gasteiger partial charge < -0.3 is 10.1 Å². The summed E-state index contributed by atoms with van der Waals surface area (Å²) in [5, 5.41) is 12.1. The highest BCUT2D eigenvalue weighted by molar-refractivity contribution is 5.75. The number of carbonyl (C=O) groups is 1. The van der Waals surface area contributed by atoms with Gasteiger partial charge in [-0.25, -0.2) is 0 Å². The van der Waals surface area contributed by atoms with E-state index in [2.05, 4.69) is 11.4 Å². The number of hydrogen-bond acceptors (Lipinski definition) is 4. The van der Waals surface area contributed by atoms with Gasteiger partial charge in [0.15, 0.2) is 0 Å². The smallest absolute Gasteiger partial charge is 0.323 e. The van der Waals surface area contributed by atoms with Gasteiger partial charge in [0, 0.05) is 6.54 Å². The number of nitriles is 1. The summed E-state index contributed by atoms with van der Waals surface area (Å²) in [6.45, 7) is 4.60. The van der Waals surface area contributed by atoms with E-state index in [-0.39, 0.29) is 17.9 Å². The van der Waals surface area contributed by atoms with Gasteiger partial charge in [-0.3, -0.25) is 4.79 Å². The molecule has 102 valence electrons. The molecule has 4 nitrogen and oxygen atoms in total. The van der Waals surface area contributed by atoms with E-state index in [9.17, 15) is 4.79 Å². The molecule has 1 rings (SSSR count). The molecule has 0 bridgehead atoms. The molecular formula is C15H20N2O2. The topological polar surface area (TPSA) is 62.1 Å². The predicted molar refractivity (Wildman–Crippen MR) is 73.3 cm³/mol. The molecule has 0 fully saturated rings. The lowest BCUT2D eigenvalue weighted by Crippen LogP contribution is -2.42. The quantitative estimate of drug-likeness (QED) is 0.797. The van der Waals surface area contributed by atoms with Crippen LogP contribution in [0.1, 0.15) is 31.4 Å². The number of nitrogens with zero attached hydrogens (tertiary/aromatic N) is 1. The van der Waals surface area contributed by atoms with Crippen molar-refractivity contribution >= 4 is 5.97 Å². The molecule has 0 aliphatic rings. The summed E-state index contributed by atoms with van der Waals surface area (Å²) in [5.74, 6) is -0.0441. The second kappa shape index (κ2) is 7.55. The average Bonchev–Trinajstić information content (AvgIpc) is 2.46. The van der Waals surface area contributed by atoms with Crippen LogP contribution < -0.4 is 5.32 Å². The van der Waals surface area contributed by atoms with Gasteiger partial charge in [-0.15, -0.1) is 0 Å². The van der Waals surface area contributed by atoms with Crippen LogP contribution in [0, 0.1) is 17.2 Å². The molecule has 4 heteroatoms. The summed E-state index contributed by atoms with van der Waals surface area (Å²) >= 11 is 0. The zero-order valence-electron chi connectivity index (χ0n) is 11.6. The van der Waals surface area contributed by atoms with Crippen LogP contribution in [0.25, 0.3) is 0 Å². The van der Waals surface area contributed by atoms with Crippen molar-refractivity contribution in [2.24, 2.45) is 5.92 Å². The largest absolute Gasteiger partial charge is 0.468 e. The van der Waals surface area contributed by atoms with Gasteiger partial charge in [0.1, 0.15) is 6.04 Å². The lowest BCUT2D eigenvalue weighted by atomic mass is 9.99. The summed E-state index contributed by atoms with van der Waals surface area (Å²) in [4.78, 5) is 11.7. The molecule has 0 aromatic heterocycles. The maximum absolute atomic E-state index is 11.7. The molecule has 2 unspecified atom stereocenters. The van der Waals surface area contributed by atoms with Crippen LogP contribution in [0.5, 0.6) is 0 Å². The van der Waals surface area contributed by atoms with Crippen LogP contribution >= 0.6 is 0 Å². The number of rotatable bonds is 6. The minimum absolute atomic E-state index is 0.201. The highest BCUT2D eigenvalue weighted by atomic mass is 16.5. The molecule has 1 aromatic rings. The molecule has 1 N–H and O–H groups in total. The Morgan fingerprint density at radius 2 is 2.26 bits per heavy atom. The molecule has 0 aliphatic heterocycles. The molecule has 19 heavy (non-hydrogen) atoms. The SMILES string of the molecule is CCC(C)C(NCc1cccc(C#N)c1)C(=O)OC. The Balaban J connectivity index is 2.70. The maximum atomic E-state index is 11.7.